The summed E-state index contributed by atoms with van der Waals surface area (Å²) in [5.41, 5.74) is 12.8. The van der Waals surface area contributed by atoms with Crippen molar-refractivity contribution in [1.82, 2.24) is 4.98 Å². The Balaban J connectivity index is 2.41. The maximum Gasteiger partial charge on any atom is 0.251 e. The van der Waals surface area contributed by atoms with Gasteiger partial charge in [-0.25, -0.2) is 4.98 Å². The Hall–Kier alpha value is -2.01. The molecule has 92 valence electrons. The first-order valence-electron chi connectivity index (χ1n) is 5.36. The lowest BCUT2D eigenvalue weighted by Gasteiger charge is -2.08. The minimum atomic E-state index is -0.522. The van der Waals surface area contributed by atoms with Crippen LogP contribution in [0.4, 0.5) is 5.69 Å². The lowest BCUT2D eigenvalue weighted by atomic mass is 10.2. The number of hydrogen-bond acceptors (Lipinski definition) is 4. The molecule has 0 unspecified atom stereocenters. The van der Waals surface area contributed by atoms with E-state index in [1.165, 1.54) is 18.0 Å². The Kier molecular flexibility index (Phi) is 3.53. The molecule has 4 nitrogen and oxygen atoms in total. The monoisotopic (exact) mass is 259 g/mol. The summed E-state index contributed by atoms with van der Waals surface area (Å²) in [5.74, 6) is -0.522. The highest BCUT2D eigenvalue weighted by molar-refractivity contribution is 7.99. The predicted octanol–water partition coefficient (Wildman–Crippen LogP) is 2.22. The number of carbonyl (C=O) groups excluding carboxylic acids is 1. The first-order valence-corrected chi connectivity index (χ1v) is 6.18. The van der Waals surface area contributed by atoms with E-state index in [2.05, 4.69) is 4.98 Å². The summed E-state index contributed by atoms with van der Waals surface area (Å²) in [6.45, 7) is 2.00. The second-order valence-electron chi connectivity index (χ2n) is 3.85. The van der Waals surface area contributed by atoms with Crippen molar-refractivity contribution in [2.24, 2.45) is 5.73 Å². The second-order valence-corrected chi connectivity index (χ2v) is 4.88. The van der Waals surface area contributed by atoms with Crippen LogP contribution in [0.2, 0.25) is 0 Å². The van der Waals surface area contributed by atoms with Gasteiger partial charge < -0.3 is 11.5 Å². The number of amides is 1. The van der Waals surface area contributed by atoms with Crippen LogP contribution in [-0.2, 0) is 0 Å². The maximum absolute atomic E-state index is 11.4. The molecular weight excluding hydrogens is 246 g/mol. The average Bonchev–Trinajstić information content (AvgIpc) is 2.34. The Morgan fingerprint density at radius 3 is 2.72 bits per heavy atom. The van der Waals surface area contributed by atoms with Crippen LogP contribution in [0.5, 0.6) is 0 Å². The number of nitrogens with zero attached hydrogens (tertiary/aromatic N) is 1. The van der Waals surface area contributed by atoms with Crippen LogP contribution >= 0.6 is 11.8 Å². The first kappa shape index (κ1) is 12.4. The van der Waals surface area contributed by atoms with Gasteiger partial charge in [0.2, 0.25) is 0 Å². The standard InChI is InChI=1S/C13H13N3OS/c1-8-4-2-3-5-11(8)18-13-10(12(15)17)6-9(14)7-16-13/h2-7H,14H2,1H3,(H2,15,17). The van der Waals surface area contributed by atoms with E-state index in [-0.39, 0.29) is 0 Å². The van der Waals surface area contributed by atoms with Gasteiger partial charge in [0.25, 0.3) is 5.91 Å². The van der Waals surface area contributed by atoms with E-state index in [1.54, 1.807) is 6.07 Å². The summed E-state index contributed by atoms with van der Waals surface area (Å²) < 4.78 is 0. The van der Waals surface area contributed by atoms with Crippen molar-refractivity contribution in [3.8, 4) is 0 Å². The zero-order valence-corrected chi connectivity index (χ0v) is 10.7. The van der Waals surface area contributed by atoms with Gasteiger partial charge >= 0.3 is 0 Å². The highest BCUT2D eigenvalue weighted by Gasteiger charge is 2.12. The quantitative estimate of drug-likeness (QED) is 0.885. The van der Waals surface area contributed by atoms with E-state index in [1.807, 2.05) is 31.2 Å². The van der Waals surface area contributed by atoms with Gasteiger partial charge in [0.05, 0.1) is 17.4 Å². The van der Waals surface area contributed by atoms with Gasteiger partial charge in [-0.3, -0.25) is 4.79 Å². The molecule has 0 fully saturated rings. The molecule has 18 heavy (non-hydrogen) atoms. The molecule has 5 heteroatoms. The third kappa shape index (κ3) is 2.62. The van der Waals surface area contributed by atoms with Crippen molar-refractivity contribution in [3.63, 3.8) is 0 Å². The summed E-state index contributed by atoms with van der Waals surface area (Å²) >= 11 is 1.41. The van der Waals surface area contributed by atoms with Gasteiger partial charge in [-0.2, -0.15) is 0 Å². The summed E-state index contributed by atoms with van der Waals surface area (Å²) in [6, 6.07) is 9.43. The third-order valence-corrected chi connectivity index (χ3v) is 3.63. The van der Waals surface area contributed by atoms with Gasteiger partial charge in [-0.05, 0) is 24.6 Å². The number of benzene rings is 1. The third-order valence-electron chi connectivity index (χ3n) is 2.44. The van der Waals surface area contributed by atoms with Crippen molar-refractivity contribution < 1.29 is 4.79 Å². The second kappa shape index (κ2) is 5.10. The van der Waals surface area contributed by atoms with E-state index >= 15 is 0 Å². The number of nitrogens with two attached hydrogens (primary N) is 2. The van der Waals surface area contributed by atoms with E-state index < -0.39 is 5.91 Å². The van der Waals surface area contributed by atoms with Crippen molar-refractivity contribution >= 4 is 23.4 Å². The minimum Gasteiger partial charge on any atom is -0.397 e. The highest BCUT2D eigenvalue weighted by atomic mass is 32.2. The average molecular weight is 259 g/mol. The van der Waals surface area contributed by atoms with E-state index in [0.29, 0.717) is 16.3 Å². The molecule has 0 aliphatic rings. The smallest absolute Gasteiger partial charge is 0.251 e. The normalized spacial score (nSPS) is 10.3. The van der Waals surface area contributed by atoms with Crippen LogP contribution in [0, 0.1) is 6.92 Å². The summed E-state index contributed by atoms with van der Waals surface area (Å²) in [7, 11) is 0. The molecule has 2 aromatic rings. The number of aromatic nitrogens is 1. The SMILES string of the molecule is Cc1ccccc1Sc1ncc(N)cc1C(N)=O. The molecule has 0 saturated heterocycles. The molecule has 0 aliphatic carbocycles. The summed E-state index contributed by atoms with van der Waals surface area (Å²) in [5, 5.41) is 0.575. The van der Waals surface area contributed by atoms with Crippen molar-refractivity contribution in [2.75, 3.05) is 5.73 Å². The molecule has 4 N–H and O–H groups in total. The van der Waals surface area contributed by atoms with Crippen LogP contribution in [0.1, 0.15) is 15.9 Å². The molecule has 0 saturated carbocycles. The number of primary amides is 1. The molecule has 2 rings (SSSR count). The van der Waals surface area contributed by atoms with Crippen molar-refractivity contribution in [2.45, 2.75) is 16.8 Å². The van der Waals surface area contributed by atoms with Gasteiger partial charge in [0.1, 0.15) is 5.03 Å². The lowest BCUT2D eigenvalue weighted by molar-refractivity contribution is 0.0997. The summed E-state index contributed by atoms with van der Waals surface area (Å²) in [4.78, 5) is 16.6. The topological polar surface area (TPSA) is 82.0 Å². The number of carbonyl (C=O) groups is 1. The Bertz CT molecular complexity index is 599. The molecule has 0 bridgehead atoms. The molecule has 0 radical (unpaired) electrons. The zero-order chi connectivity index (χ0) is 13.1. The van der Waals surface area contributed by atoms with Crippen LogP contribution in [0.15, 0.2) is 46.5 Å². The molecule has 1 aromatic carbocycles. The van der Waals surface area contributed by atoms with Crippen LogP contribution in [0.3, 0.4) is 0 Å². The molecule has 0 spiro atoms. The van der Waals surface area contributed by atoms with Crippen molar-refractivity contribution in [1.29, 1.82) is 0 Å². The van der Waals surface area contributed by atoms with E-state index in [9.17, 15) is 4.79 Å². The van der Waals surface area contributed by atoms with Crippen LogP contribution in [-0.4, -0.2) is 10.9 Å². The highest BCUT2D eigenvalue weighted by Crippen LogP contribution is 2.31. The molecule has 1 heterocycles. The Morgan fingerprint density at radius 2 is 2.06 bits per heavy atom. The molecule has 0 aliphatic heterocycles. The number of anilines is 1. The largest absolute Gasteiger partial charge is 0.397 e. The Morgan fingerprint density at radius 1 is 1.33 bits per heavy atom. The van der Waals surface area contributed by atoms with Crippen LogP contribution < -0.4 is 11.5 Å². The fourth-order valence-corrected chi connectivity index (χ4v) is 2.46. The number of nitrogen functional groups attached to an aromatic ring is 1. The molecule has 1 amide bonds. The molecule has 0 atom stereocenters. The van der Waals surface area contributed by atoms with E-state index in [0.717, 1.165) is 10.5 Å². The fourth-order valence-electron chi connectivity index (χ4n) is 1.50. The van der Waals surface area contributed by atoms with E-state index in [4.69, 9.17) is 11.5 Å². The molecule has 1 aromatic heterocycles. The predicted molar refractivity (Wildman–Crippen MR) is 72.5 cm³/mol. The van der Waals surface area contributed by atoms with Gasteiger partial charge in [0.15, 0.2) is 0 Å². The Labute approximate surface area is 109 Å². The fraction of sp³-hybridized carbons (Fsp3) is 0.0769. The maximum atomic E-state index is 11.4. The van der Waals surface area contributed by atoms with Gasteiger partial charge in [0, 0.05) is 4.90 Å². The number of hydrogen-bond donors (Lipinski definition) is 2. The van der Waals surface area contributed by atoms with Gasteiger partial charge in [-0.15, -0.1) is 0 Å². The molecular formula is C13H13N3OS. The summed E-state index contributed by atoms with van der Waals surface area (Å²) in [6.07, 6.45) is 1.52. The number of pyridine rings is 1. The zero-order valence-electron chi connectivity index (χ0n) is 9.88. The lowest BCUT2D eigenvalue weighted by Crippen LogP contribution is -2.13. The van der Waals surface area contributed by atoms with Gasteiger partial charge in [-0.1, -0.05) is 30.0 Å². The van der Waals surface area contributed by atoms with Crippen LogP contribution in [0.25, 0.3) is 0 Å². The first-order chi connectivity index (χ1) is 8.58. The van der Waals surface area contributed by atoms with Crippen molar-refractivity contribution in [3.05, 3.63) is 47.7 Å². The number of aryl methyl sites for hydroxylation is 1. The number of rotatable bonds is 3. The minimum absolute atomic E-state index is 0.350.